The fourth-order valence-corrected chi connectivity index (χ4v) is 1.29. The van der Waals surface area contributed by atoms with Gasteiger partial charge in [-0.05, 0) is 38.1 Å². The van der Waals surface area contributed by atoms with Gasteiger partial charge in [0, 0.05) is 5.56 Å². The van der Waals surface area contributed by atoms with E-state index in [4.69, 9.17) is 11.6 Å². The van der Waals surface area contributed by atoms with E-state index in [1.807, 2.05) is 13.8 Å². The van der Waals surface area contributed by atoms with E-state index in [9.17, 15) is 9.18 Å². The van der Waals surface area contributed by atoms with Gasteiger partial charge in [0.25, 0.3) is 0 Å². The second-order valence-corrected chi connectivity index (χ2v) is 3.62. The van der Waals surface area contributed by atoms with Crippen LogP contribution in [0.25, 0.3) is 0 Å². The van der Waals surface area contributed by atoms with Gasteiger partial charge in [-0.1, -0.05) is 17.2 Å². The third kappa shape index (κ3) is 2.67. The van der Waals surface area contributed by atoms with E-state index >= 15 is 0 Å². The predicted molar refractivity (Wildman–Crippen MR) is 55.2 cm³/mol. The molecule has 0 aromatic heterocycles. The lowest BCUT2D eigenvalue weighted by Crippen LogP contribution is -1.96. The Bertz CT molecular complexity index is 392. The zero-order valence-electron chi connectivity index (χ0n) is 7.97. The Morgan fingerprint density at radius 3 is 2.57 bits per heavy atom. The van der Waals surface area contributed by atoms with Gasteiger partial charge >= 0.3 is 0 Å². The summed E-state index contributed by atoms with van der Waals surface area (Å²) < 4.78 is 12.7. The Morgan fingerprint density at radius 1 is 1.43 bits per heavy atom. The molecule has 0 fully saturated rings. The second kappa shape index (κ2) is 4.38. The molecule has 0 N–H and O–H groups in total. The first-order valence-corrected chi connectivity index (χ1v) is 4.53. The quantitative estimate of drug-likeness (QED) is 0.541. The van der Waals surface area contributed by atoms with Gasteiger partial charge in [-0.25, -0.2) is 4.39 Å². The molecule has 1 aromatic rings. The van der Waals surface area contributed by atoms with Crippen molar-refractivity contribution < 1.29 is 9.18 Å². The summed E-state index contributed by atoms with van der Waals surface area (Å²) in [6.45, 7) is 3.63. The molecule has 0 aliphatic rings. The average molecular weight is 213 g/mol. The maximum absolute atomic E-state index is 12.7. The van der Waals surface area contributed by atoms with Crippen LogP contribution in [0.2, 0.25) is 5.02 Å². The van der Waals surface area contributed by atoms with Gasteiger partial charge in [-0.2, -0.15) is 0 Å². The summed E-state index contributed by atoms with van der Waals surface area (Å²) in [7, 11) is 0. The van der Waals surface area contributed by atoms with Crippen LogP contribution in [0.4, 0.5) is 4.39 Å². The lowest BCUT2D eigenvalue weighted by Gasteiger charge is -1.99. The van der Waals surface area contributed by atoms with E-state index in [1.165, 1.54) is 18.2 Å². The molecule has 0 bridgehead atoms. The molecule has 0 saturated carbocycles. The molecule has 1 nitrogen and oxygen atoms in total. The van der Waals surface area contributed by atoms with Crippen molar-refractivity contribution >= 4 is 17.4 Å². The molecule has 0 atom stereocenters. The summed E-state index contributed by atoms with van der Waals surface area (Å²) in [5, 5.41) is 0.146. The zero-order valence-corrected chi connectivity index (χ0v) is 8.73. The molecule has 14 heavy (non-hydrogen) atoms. The number of allylic oxidation sites excluding steroid dienone is 2. The number of hydrogen-bond donors (Lipinski definition) is 0. The largest absolute Gasteiger partial charge is 0.289 e. The first-order valence-electron chi connectivity index (χ1n) is 4.15. The fraction of sp³-hybridized carbons (Fsp3) is 0.182. The number of carbonyl (C=O) groups is 1. The lowest BCUT2D eigenvalue weighted by molar-refractivity contribution is 0.104. The topological polar surface area (TPSA) is 17.1 Å². The van der Waals surface area contributed by atoms with Crippen LogP contribution in [0.5, 0.6) is 0 Å². The molecule has 1 rings (SSSR count). The maximum atomic E-state index is 12.7. The monoisotopic (exact) mass is 212 g/mol. The molecule has 0 unspecified atom stereocenters. The van der Waals surface area contributed by atoms with Crippen LogP contribution in [-0.2, 0) is 0 Å². The molecule has 0 amide bonds. The summed E-state index contributed by atoms with van der Waals surface area (Å²) >= 11 is 5.72. The molecule has 74 valence electrons. The SMILES string of the molecule is CC(C)=CC(=O)c1ccc(F)cc1Cl. The van der Waals surface area contributed by atoms with Crippen LogP contribution >= 0.6 is 11.6 Å². The number of hydrogen-bond acceptors (Lipinski definition) is 1. The van der Waals surface area contributed by atoms with Gasteiger partial charge in [0.2, 0.25) is 0 Å². The Kier molecular flexibility index (Phi) is 3.42. The highest BCUT2D eigenvalue weighted by Gasteiger charge is 2.08. The highest BCUT2D eigenvalue weighted by atomic mass is 35.5. The molecule has 0 heterocycles. The number of carbonyl (C=O) groups excluding carboxylic acids is 1. The molecule has 1 aromatic carbocycles. The van der Waals surface area contributed by atoms with Crippen molar-refractivity contribution in [1.29, 1.82) is 0 Å². The predicted octanol–water partition coefficient (Wildman–Crippen LogP) is 3.63. The number of halogens is 2. The second-order valence-electron chi connectivity index (χ2n) is 3.21. The molecule has 0 radical (unpaired) electrons. The number of rotatable bonds is 2. The summed E-state index contributed by atoms with van der Waals surface area (Å²) in [6.07, 6.45) is 1.47. The Morgan fingerprint density at radius 2 is 2.07 bits per heavy atom. The maximum Gasteiger partial charge on any atom is 0.187 e. The van der Waals surface area contributed by atoms with Gasteiger partial charge in [0.15, 0.2) is 5.78 Å². The smallest absolute Gasteiger partial charge is 0.187 e. The van der Waals surface area contributed by atoms with E-state index in [-0.39, 0.29) is 10.8 Å². The minimum absolute atomic E-state index is 0.146. The van der Waals surface area contributed by atoms with Crippen molar-refractivity contribution in [3.8, 4) is 0 Å². The van der Waals surface area contributed by atoms with E-state index in [2.05, 4.69) is 0 Å². The summed E-state index contributed by atoms with van der Waals surface area (Å²) in [4.78, 5) is 11.5. The van der Waals surface area contributed by atoms with Crippen molar-refractivity contribution in [3.63, 3.8) is 0 Å². The standard InChI is InChI=1S/C11H10ClFO/c1-7(2)5-11(14)9-4-3-8(13)6-10(9)12/h3-6H,1-2H3. The third-order valence-corrected chi connectivity index (χ3v) is 1.93. The molecular formula is C11H10ClFO. The van der Waals surface area contributed by atoms with Gasteiger partial charge in [0.05, 0.1) is 5.02 Å². The molecule has 3 heteroatoms. The van der Waals surface area contributed by atoms with E-state index in [1.54, 1.807) is 0 Å². The van der Waals surface area contributed by atoms with Gasteiger partial charge in [0.1, 0.15) is 5.82 Å². The van der Waals surface area contributed by atoms with E-state index < -0.39 is 5.82 Å². The van der Waals surface area contributed by atoms with Crippen LogP contribution in [-0.4, -0.2) is 5.78 Å². The van der Waals surface area contributed by atoms with Crippen molar-refractivity contribution in [2.75, 3.05) is 0 Å². The van der Waals surface area contributed by atoms with Gasteiger partial charge < -0.3 is 0 Å². The first-order chi connectivity index (χ1) is 6.50. The van der Waals surface area contributed by atoms with Gasteiger partial charge in [-0.15, -0.1) is 0 Å². The van der Waals surface area contributed by atoms with Crippen LogP contribution in [0.15, 0.2) is 29.8 Å². The van der Waals surface area contributed by atoms with Crippen LogP contribution < -0.4 is 0 Å². The molecule has 0 spiro atoms. The van der Waals surface area contributed by atoms with Crippen LogP contribution in [0, 0.1) is 5.82 Å². The molecule has 0 aliphatic heterocycles. The van der Waals surface area contributed by atoms with Gasteiger partial charge in [-0.3, -0.25) is 4.79 Å². The van der Waals surface area contributed by atoms with E-state index in [0.29, 0.717) is 5.56 Å². The Labute approximate surface area is 87.2 Å². The lowest BCUT2D eigenvalue weighted by atomic mass is 10.1. The summed E-state index contributed by atoms with van der Waals surface area (Å²) in [5.41, 5.74) is 1.21. The minimum atomic E-state index is -0.441. The van der Waals surface area contributed by atoms with Crippen molar-refractivity contribution in [2.24, 2.45) is 0 Å². The zero-order chi connectivity index (χ0) is 10.7. The van der Waals surface area contributed by atoms with Crippen LogP contribution in [0.1, 0.15) is 24.2 Å². The highest BCUT2D eigenvalue weighted by molar-refractivity contribution is 6.34. The Hall–Kier alpha value is -1.15. The van der Waals surface area contributed by atoms with Crippen LogP contribution in [0.3, 0.4) is 0 Å². The third-order valence-electron chi connectivity index (χ3n) is 1.62. The number of ketones is 1. The Balaban J connectivity index is 3.08. The van der Waals surface area contributed by atoms with E-state index in [0.717, 1.165) is 11.6 Å². The average Bonchev–Trinajstić information content (AvgIpc) is 2.01. The minimum Gasteiger partial charge on any atom is -0.289 e. The summed E-state index contributed by atoms with van der Waals surface area (Å²) in [5.74, 6) is -0.640. The molecule has 0 saturated heterocycles. The van der Waals surface area contributed by atoms with Crippen molar-refractivity contribution in [1.82, 2.24) is 0 Å². The highest BCUT2D eigenvalue weighted by Crippen LogP contribution is 2.18. The van der Waals surface area contributed by atoms with Crippen molar-refractivity contribution in [3.05, 3.63) is 46.3 Å². The first kappa shape index (κ1) is 10.9. The molecule has 0 aliphatic carbocycles. The molecular weight excluding hydrogens is 203 g/mol. The van der Waals surface area contributed by atoms with Crippen molar-refractivity contribution in [2.45, 2.75) is 13.8 Å². The summed E-state index contributed by atoms with van der Waals surface area (Å²) in [6, 6.07) is 3.74. The normalized spacial score (nSPS) is 9.71. The number of benzene rings is 1. The fourth-order valence-electron chi connectivity index (χ4n) is 1.03.